The summed E-state index contributed by atoms with van der Waals surface area (Å²) in [5.41, 5.74) is 3.30. The first-order valence-corrected chi connectivity index (χ1v) is 16.7. The molecule has 2 saturated heterocycles. The molecule has 0 radical (unpaired) electrons. The fraction of sp³-hybridized carbons (Fsp3) is 0.314. The molecule has 3 aromatic carbocycles. The number of fused-ring (bicyclic) bond motifs is 1. The minimum absolute atomic E-state index is 0.0272. The molecule has 0 unspecified atom stereocenters. The van der Waals surface area contributed by atoms with E-state index < -0.39 is 22.6 Å². The first-order valence-electron chi connectivity index (χ1n) is 15.3. The second-order valence-corrected chi connectivity index (χ2v) is 13.8. The number of piperidine rings is 2. The number of carbonyl (C=O) groups is 4. The lowest BCUT2D eigenvalue weighted by molar-refractivity contribution is -0.118. The van der Waals surface area contributed by atoms with Gasteiger partial charge in [-0.25, -0.2) is 0 Å². The number of nitrogens with one attached hydrogen (secondary N) is 1. The predicted octanol–water partition coefficient (Wildman–Crippen LogP) is 4.62. The Morgan fingerprint density at radius 2 is 1.43 bits per heavy atom. The largest absolute Gasteiger partial charge is 0.368 e. The maximum atomic E-state index is 13.3. The molecule has 1 spiro atoms. The topological polar surface area (TPSA) is 130 Å². The Labute approximate surface area is 268 Å². The quantitative estimate of drug-likeness (QED) is 0.370. The van der Waals surface area contributed by atoms with Crippen molar-refractivity contribution in [3.05, 3.63) is 107 Å². The van der Waals surface area contributed by atoms with Crippen molar-refractivity contribution < 1.29 is 31.8 Å². The van der Waals surface area contributed by atoms with Gasteiger partial charge in [0.2, 0.25) is 5.78 Å². The van der Waals surface area contributed by atoms with Gasteiger partial charge in [0.05, 0.1) is 10.6 Å². The molecule has 3 aliphatic rings. The molecule has 1 N–H and O–H groups in total. The summed E-state index contributed by atoms with van der Waals surface area (Å²) in [5, 5.41) is 2.60. The van der Waals surface area contributed by atoms with Crippen molar-refractivity contribution in [2.24, 2.45) is 5.41 Å². The second-order valence-electron chi connectivity index (χ2n) is 12.2. The number of benzene rings is 3. The molecule has 10 nitrogen and oxygen atoms in total. The van der Waals surface area contributed by atoms with Crippen LogP contribution in [0.1, 0.15) is 62.3 Å². The molecule has 3 aromatic rings. The number of likely N-dealkylation sites (tertiary alicyclic amines) is 2. The molecule has 238 valence electrons. The van der Waals surface area contributed by atoms with E-state index in [1.165, 1.54) is 18.2 Å². The maximum absolute atomic E-state index is 13.3. The number of amides is 2. The monoisotopic (exact) mass is 641 g/mol. The lowest BCUT2D eigenvalue weighted by Gasteiger charge is -2.47. The zero-order chi connectivity index (χ0) is 32.5. The highest BCUT2D eigenvalue weighted by atomic mass is 32.2. The van der Waals surface area contributed by atoms with Crippen LogP contribution >= 0.6 is 0 Å². The van der Waals surface area contributed by atoms with Gasteiger partial charge in [0.15, 0.2) is 5.78 Å². The van der Waals surface area contributed by atoms with Crippen molar-refractivity contribution in [3.63, 3.8) is 0 Å². The minimum Gasteiger partial charge on any atom is -0.368 e. The van der Waals surface area contributed by atoms with Crippen molar-refractivity contribution in [1.82, 2.24) is 9.80 Å². The summed E-state index contributed by atoms with van der Waals surface area (Å²) in [6, 6.07) is 19.6. The summed E-state index contributed by atoms with van der Waals surface area (Å²) in [4.78, 5) is 55.2. The highest BCUT2D eigenvalue weighted by Gasteiger charge is 2.40. The smallest absolute Gasteiger partial charge is 0.297 e. The van der Waals surface area contributed by atoms with Gasteiger partial charge in [0, 0.05) is 54.6 Å². The molecule has 6 rings (SSSR count). The maximum Gasteiger partial charge on any atom is 0.297 e. The zero-order valence-corrected chi connectivity index (χ0v) is 26.3. The van der Waals surface area contributed by atoms with Crippen LogP contribution in [0.25, 0.3) is 0 Å². The van der Waals surface area contributed by atoms with Crippen LogP contribution in [0.2, 0.25) is 0 Å². The molecule has 46 heavy (non-hydrogen) atoms. The average Bonchev–Trinajstić information content (AvgIpc) is 3.07. The summed E-state index contributed by atoms with van der Waals surface area (Å²) in [7, 11) is -4.07. The van der Waals surface area contributed by atoms with Crippen molar-refractivity contribution in [2.45, 2.75) is 37.5 Å². The van der Waals surface area contributed by atoms with Crippen molar-refractivity contribution in [1.29, 1.82) is 0 Å². The molecular weight excluding hydrogens is 606 g/mol. The standard InChI is InChI=1S/C35H35N3O7S/c1-24-6-12-27(13-7-24)46(43,44)45-23-32(40)36-26-10-8-25(9-11-26)34(42)38-20-16-35(17-21-38)14-18-37(19-15-35)30-22-31(39)28-4-2-3-5-29(28)33(30)41/h2-13,22H,14-21,23H2,1H3,(H,36,40). The van der Waals surface area contributed by atoms with Gasteiger partial charge in [0.1, 0.15) is 6.61 Å². The number of nitrogens with zero attached hydrogens (tertiary/aromatic N) is 2. The van der Waals surface area contributed by atoms with Crippen molar-refractivity contribution in [3.8, 4) is 0 Å². The highest BCUT2D eigenvalue weighted by Crippen LogP contribution is 2.42. The van der Waals surface area contributed by atoms with Gasteiger partial charge in [-0.15, -0.1) is 0 Å². The third kappa shape index (κ3) is 6.52. The van der Waals surface area contributed by atoms with Crippen LogP contribution in [-0.2, 0) is 19.1 Å². The lowest BCUT2D eigenvalue weighted by Crippen LogP contribution is -2.48. The molecular formula is C35H35N3O7S. The van der Waals surface area contributed by atoms with E-state index in [9.17, 15) is 27.6 Å². The van der Waals surface area contributed by atoms with Crippen LogP contribution in [0.5, 0.6) is 0 Å². The molecule has 1 aliphatic carbocycles. The number of aryl methyl sites for hydroxylation is 1. The van der Waals surface area contributed by atoms with Gasteiger partial charge in [-0.05, 0) is 74.4 Å². The zero-order valence-electron chi connectivity index (χ0n) is 25.5. The van der Waals surface area contributed by atoms with Gasteiger partial charge in [-0.3, -0.25) is 23.4 Å². The molecule has 0 atom stereocenters. The molecule has 11 heteroatoms. The Morgan fingerprint density at radius 1 is 0.826 bits per heavy atom. The Hall–Kier alpha value is -4.61. The minimum atomic E-state index is -4.07. The fourth-order valence-corrected chi connectivity index (χ4v) is 7.29. The van der Waals surface area contributed by atoms with Crippen LogP contribution in [0, 0.1) is 12.3 Å². The van der Waals surface area contributed by atoms with E-state index in [0.29, 0.717) is 54.3 Å². The Morgan fingerprint density at radius 3 is 2.09 bits per heavy atom. The van der Waals surface area contributed by atoms with Gasteiger partial charge < -0.3 is 15.1 Å². The van der Waals surface area contributed by atoms with Gasteiger partial charge in [-0.1, -0.05) is 42.0 Å². The fourth-order valence-electron chi connectivity index (χ4n) is 6.42. The number of Topliss-reactive ketones (excluding diaryl/α,β-unsaturated/α-hetero) is 1. The number of allylic oxidation sites excluding steroid dienone is 2. The molecule has 2 amide bonds. The highest BCUT2D eigenvalue weighted by molar-refractivity contribution is 7.86. The average molecular weight is 642 g/mol. The normalized spacial score (nSPS) is 17.8. The van der Waals surface area contributed by atoms with E-state index in [1.54, 1.807) is 60.7 Å². The summed E-state index contributed by atoms with van der Waals surface area (Å²) < 4.78 is 29.6. The van der Waals surface area contributed by atoms with Crippen molar-refractivity contribution >= 4 is 39.2 Å². The van der Waals surface area contributed by atoms with Crippen LogP contribution in [0.3, 0.4) is 0 Å². The number of carbonyl (C=O) groups excluding carboxylic acids is 4. The SMILES string of the molecule is Cc1ccc(S(=O)(=O)OCC(=O)Nc2ccc(C(=O)N3CCC4(CC3)CCN(C3=CC(=O)c5ccccc5C3=O)CC4)cc2)cc1. The van der Waals surface area contributed by atoms with Crippen molar-refractivity contribution in [2.75, 3.05) is 38.1 Å². The molecule has 0 aromatic heterocycles. The molecule has 0 bridgehead atoms. The summed E-state index contributed by atoms with van der Waals surface area (Å²) in [6.07, 6.45) is 4.98. The number of hydrogen-bond donors (Lipinski definition) is 1. The van der Waals surface area contributed by atoms with E-state index in [1.807, 2.05) is 16.7 Å². The summed E-state index contributed by atoms with van der Waals surface area (Å²) >= 11 is 0. The Kier molecular flexibility index (Phi) is 8.63. The van der Waals surface area contributed by atoms with Gasteiger partial charge >= 0.3 is 0 Å². The second kappa shape index (κ2) is 12.6. The van der Waals surface area contributed by atoms with E-state index in [2.05, 4.69) is 5.32 Å². The van der Waals surface area contributed by atoms with Crippen LogP contribution in [0.4, 0.5) is 5.69 Å². The van der Waals surface area contributed by atoms with E-state index >= 15 is 0 Å². The van der Waals surface area contributed by atoms with E-state index in [4.69, 9.17) is 4.18 Å². The molecule has 2 heterocycles. The molecule has 2 fully saturated rings. The van der Waals surface area contributed by atoms with E-state index in [-0.39, 0.29) is 27.8 Å². The van der Waals surface area contributed by atoms with Crippen LogP contribution < -0.4 is 5.32 Å². The predicted molar refractivity (Wildman–Crippen MR) is 171 cm³/mol. The number of hydrogen-bond acceptors (Lipinski definition) is 8. The first kappa shape index (κ1) is 31.4. The Balaban J connectivity index is 0.976. The third-order valence-electron chi connectivity index (χ3n) is 9.28. The van der Waals surface area contributed by atoms with Gasteiger partial charge in [-0.2, -0.15) is 8.42 Å². The first-order chi connectivity index (χ1) is 22.0. The van der Waals surface area contributed by atoms with E-state index in [0.717, 1.165) is 31.2 Å². The summed E-state index contributed by atoms with van der Waals surface area (Å²) in [5.74, 6) is -0.960. The van der Waals surface area contributed by atoms with Crippen LogP contribution in [-0.4, -0.2) is 74.4 Å². The third-order valence-corrected chi connectivity index (χ3v) is 10.6. The summed E-state index contributed by atoms with van der Waals surface area (Å²) in [6.45, 7) is 3.79. The lowest BCUT2D eigenvalue weighted by atomic mass is 9.71. The van der Waals surface area contributed by atoms with Gasteiger partial charge in [0.25, 0.3) is 21.9 Å². The number of ketones is 2. The number of anilines is 1. The van der Waals surface area contributed by atoms with Crippen LogP contribution in [0.15, 0.2) is 89.5 Å². The Bertz CT molecular complexity index is 1810. The number of rotatable bonds is 7. The molecule has 0 saturated carbocycles. The molecule has 2 aliphatic heterocycles.